The first kappa shape index (κ1) is 23.3. The summed E-state index contributed by atoms with van der Waals surface area (Å²) in [6, 6.07) is 13.5. The van der Waals surface area contributed by atoms with Crippen molar-refractivity contribution in [2.45, 2.75) is 31.1 Å². The summed E-state index contributed by atoms with van der Waals surface area (Å²) >= 11 is 0. The Labute approximate surface area is 194 Å². The van der Waals surface area contributed by atoms with Crippen molar-refractivity contribution in [1.82, 2.24) is 9.21 Å². The molecule has 2 heterocycles. The van der Waals surface area contributed by atoms with Gasteiger partial charge in [-0.3, -0.25) is 9.59 Å². The van der Waals surface area contributed by atoms with E-state index in [4.69, 9.17) is 4.74 Å². The van der Waals surface area contributed by atoms with E-state index in [9.17, 15) is 18.0 Å². The van der Waals surface area contributed by atoms with Crippen LogP contribution in [0.2, 0.25) is 0 Å². The predicted molar refractivity (Wildman–Crippen MR) is 125 cm³/mol. The Morgan fingerprint density at radius 1 is 0.909 bits per heavy atom. The van der Waals surface area contributed by atoms with Crippen molar-refractivity contribution < 1.29 is 22.7 Å². The summed E-state index contributed by atoms with van der Waals surface area (Å²) in [7, 11) is -3.63. The minimum absolute atomic E-state index is 0.116. The summed E-state index contributed by atoms with van der Waals surface area (Å²) in [4.78, 5) is 28.7. The largest absolute Gasteiger partial charge is 0.494 e. The zero-order valence-corrected chi connectivity index (χ0v) is 19.6. The van der Waals surface area contributed by atoms with Crippen LogP contribution in [0.3, 0.4) is 0 Å². The molecule has 8 nitrogen and oxygen atoms in total. The van der Waals surface area contributed by atoms with E-state index in [1.54, 1.807) is 46.2 Å². The number of piperidine rings is 1. The van der Waals surface area contributed by atoms with E-state index >= 15 is 0 Å². The number of ether oxygens (including phenoxy) is 1. The van der Waals surface area contributed by atoms with Gasteiger partial charge in [-0.2, -0.15) is 4.31 Å². The maximum atomic E-state index is 13.0. The molecule has 2 fully saturated rings. The van der Waals surface area contributed by atoms with Crippen LogP contribution in [0, 0.1) is 0 Å². The van der Waals surface area contributed by atoms with Crippen LogP contribution in [0.25, 0.3) is 0 Å². The summed E-state index contributed by atoms with van der Waals surface area (Å²) in [6.07, 6.45) is 2.47. The van der Waals surface area contributed by atoms with E-state index in [0.717, 1.165) is 18.5 Å². The summed E-state index contributed by atoms with van der Waals surface area (Å²) < 4.78 is 32.7. The highest BCUT2D eigenvalue weighted by atomic mass is 32.2. The van der Waals surface area contributed by atoms with Gasteiger partial charge in [0.2, 0.25) is 15.9 Å². The smallest absolute Gasteiger partial charge is 0.253 e. The maximum absolute atomic E-state index is 13.0. The number of hydrogen-bond acceptors (Lipinski definition) is 5. The van der Waals surface area contributed by atoms with Crippen molar-refractivity contribution in [2.24, 2.45) is 0 Å². The molecule has 0 bridgehead atoms. The third-order valence-electron chi connectivity index (χ3n) is 6.05. The van der Waals surface area contributed by atoms with Gasteiger partial charge in [0.25, 0.3) is 5.91 Å². The molecule has 2 aliphatic rings. The molecule has 0 unspecified atom stereocenters. The lowest BCUT2D eigenvalue weighted by Crippen LogP contribution is -2.50. The van der Waals surface area contributed by atoms with Crippen LogP contribution in [-0.4, -0.2) is 68.8 Å². The van der Waals surface area contributed by atoms with E-state index in [-0.39, 0.29) is 29.8 Å². The normalized spacial score (nSPS) is 17.8. The topological polar surface area (TPSA) is 87.2 Å². The highest BCUT2D eigenvalue weighted by Crippen LogP contribution is 2.23. The average molecular weight is 472 g/mol. The van der Waals surface area contributed by atoms with Crippen LogP contribution in [0.4, 0.5) is 5.69 Å². The molecule has 0 saturated carbocycles. The summed E-state index contributed by atoms with van der Waals surface area (Å²) in [5.74, 6) is 0.609. The summed E-state index contributed by atoms with van der Waals surface area (Å²) in [6.45, 7) is 4.21. The quantitative estimate of drug-likeness (QED) is 0.647. The first-order chi connectivity index (χ1) is 15.9. The van der Waals surface area contributed by atoms with Gasteiger partial charge in [-0.05, 0) is 68.3 Å². The molecule has 4 rings (SSSR count). The van der Waals surface area contributed by atoms with Crippen LogP contribution in [0.1, 0.15) is 36.5 Å². The zero-order chi connectivity index (χ0) is 23.4. The first-order valence-corrected chi connectivity index (χ1v) is 12.8. The minimum atomic E-state index is -3.63. The number of nitrogens with zero attached hydrogens (tertiary/aromatic N) is 3. The van der Waals surface area contributed by atoms with Crippen LogP contribution in [0.15, 0.2) is 53.4 Å². The monoisotopic (exact) mass is 471 g/mol. The summed E-state index contributed by atoms with van der Waals surface area (Å²) in [5, 5.41) is 0. The Morgan fingerprint density at radius 3 is 2.18 bits per heavy atom. The van der Waals surface area contributed by atoms with Gasteiger partial charge in [0.15, 0.2) is 0 Å². The van der Waals surface area contributed by atoms with Gasteiger partial charge in [-0.25, -0.2) is 8.42 Å². The SMILES string of the molecule is CCOc1ccc(S(=O)(=O)N2CCN(C(=O)c3ccc(N4CCCCC4=O)cc3)CC2)cc1. The molecule has 2 aliphatic heterocycles. The molecule has 0 atom stereocenters. The number of sulfonamides is 1. The van der Waals surface area contributed by atoms with E-state index in [2.05, 4.69) is 0 Å². The van der Waals surface area contributed by atoms with Crippen LogP contribution < -0.4 is 9.64 Å². The first-order valence-electron chi connectivity index (χ1n) is 11.3. The molecule has 2 amide bonds. The second-order valence-corrected chi connectivity index (χ2v) is 10.1. The Morgan fingerprint density at radius 2 is 1.58 bits per heavy atom. The zero-order valence-electron chi connectivity index (χ0n) is 18.8. The number of carbonyl (C=O) groups is 2. The lowest BCUT2D eigenvalue weighted by Gasteiger charge is -2.34. The van der Waals surface area contributed by atoms with Crippen molar-refractivity contribution in [1.29, 1.82) is 0 Å². The third kappa shape index (κ3) is 5.04. The van der Waals surface area contributed by atoms with Crippen molar-refractivity contribution in [3.05, 3.63) is 54.1 Å². The third-order valence-corrected chi connectivity index (χ3v) is 7.96. The average Bonchev–Trinajstić information content (AvgIpc) is 2.85. The molecule has 0 N–H and O–H groups in total. The van der Waals surface area contributed by atoms with E-state index < -0.39 is 10.0 Å². The minimum Gasteiger partial charge on any atom is -0.494 e. The predicted octanol–water partition coefficient (Wildman–Crippen LogP) is 2.75. The molecule has 0 spiro atoms. The number of carbonyl (C=O) groups excluding carboxylic acids is 2. The molecule has 2 aromatic carbocycles. The second kappa shape index (κ2) is 9.93. The van der Waals surface area contributed by atoms with Gasteiger partial charge >= 0.3 is 0 Å². The van der Waals surface area contributed by atoms with E-state index in [0.29, 0.717) is 44.0 Å². The number of anilines is 1. The molecular formula is C24H29N3O5S. The van der Waals surface area contributed by atoms with Gasteiger partial charge in [-0.15, -0.1) is 0 Å². The number of amides is 2. The van der Waals surface area contributed by atoms with Crippen molar-refractivity contribution in [3.63, 3.8) is 0 Å². The van der Waals surface area contributed by atoms with Crippen molar-refractivity contribution in [3.8, 4) is 5.75 Å². The van der Waals surface area contributed by atoms with Gasteiger partial charge < -0.3 is 14.5 Å². The van der Waals surface area contributed by atoms with Gasteiger partial charge in [0, 0.05) is 50.4 Å². The fraction of sp³-hybridized carbons (Fsp3) is 0.417. The highest BCUT2D eigenvalue weighted by molar-refractivity contribution is 7.89. The standard InChI is InChI=1S/C24H29N3O5S/c1-2-32-21-10-12-22(13-11-21)33(30,31)26-17-15-25(16-18-26)24(29)19-6-8-20(9-7-19)27-14-4-3-5-23(27)28/h6-13H,2-5,14-18H2,1H3. The number of piperazine rings is 1. The Balaban J connectivity index is 1.37. The fourth-order valence-electron chi connectivity index (χ4n) is 4.20. The molecule has 0 radical (unpaired) electrons. The van der Waals surface area contributed by atoms with Gasteiger partial charge in [0.05, 0.1) is 11.5 Å². The van der Waals surface area contributed by atoms with Crippen LogP contribution >= 0.6 is 0 Å². The Bertz CT molecular complexity index is 1090. The number of hydrogen-bond donors (Lipinski definition) is 0. The molecule has 0 aromatic heterocycles. The molecule has 9 heteroatoms. The lowest BCUT2D eigenvalue weighted by molar-refractivity contribution is -0.119. The molecule has 0 aliphatic carbocycles. The van der Waals surface area contributed by atoms with Crippen molar-refractivity contribution in [2.75, 3.05) is 44.2 Å². The van der Waals surface area contributed by atoms with Gasteiger partial charge in [0.1, 0.15) is 5.75 Å². The van der Waals surface area contributed by atoms with E-state index in [1.807, 2.05) is 19.1 Å². The highest BCUT2D eigenvalue weighted by Gasteiger charge is 2.30. The van der Waals surface area contributed by atoms with Crippen molar-refractivity contribution >= 4 is 27.5 Å². The molecular weight excluding hydrogens is 442 g/mol. The molecule has 33 heavy (non-hydrogen) atoms. The Kier molecular flexibility index (Phi) is 6.99. The lowest BCUT2D eigenvalue weighted by atomic mass is 10.1. The number of rotatable bonds is 6. The fourth-order valence-corrected chi connectivity index (χ4v) is 5.62. The van der Waals surface area contributed by atoms with E-state index in [1.165, 1.54) is 4.31 Å². The maximum Gasteiger partial charge on any atom is 0.253 e. The Hall–Kier alpha value is -2.91. The second-order valence-electron chi connectivity index (χ2n) is 8.15. The summed E-state index contributed by atoms with van der Waals surface area (Å²) in [5.41, 5.74) is 1.34. The van der Waals surface area contributed by atoms with Crippen LogP contribution in [-0.2, 0) is 14.8 Å². The molecule has 2 aromatic rings. The molecule has 2 saturated heterocycles. The van der Waals surface area contributed by atoms with Gasteiger partial charge in [-0.1, -0.05) is 0 Å². The number of benzene rings is 2. The molecule has 176 valence electrons. The van der Waals surface area contributed by atoms with Crippen LogP contribution in [0.5, 0.6) is 5.75 Å².